The number of ether oxygens (including phenoxy) is 1. The molecule has 1 heterocycles. The van der Waals surface area contributed by atoms with Crippen molar-refractivity contribution in [2.45, 2.75) is 31.8 Å². The standard InChI is InChI=1S/C28H27N3O2/c1-19-10-11-22(33-2)17-24(19)27(32)31-28(12-13-28)25-15-21(16-26-23(25)9-6-14-29-26)30-18-20-7-4-3-5-8-20/h3-11,14-17,30H,12-13,18H2,1-2H3,(H,31,32). The van der Waals surface area contributed by atoms with Crippen LogP contribution in [0, 0.1) is 6.92 Å². The molecule has 2 N–H and O–H groups in total. The number of aromatic nitrogens is 1. The van der Waals surface area contributed by atoms with Crippen LogP contribution in [-0.4, -0.2) is 18.0 Å². The smallest absolute Gasteiger partial charge is 0.252 e. The number of benzene rings is 3. The quantitative estimate of drug-likeness (QED) is 0.396. The van der Waals surface area contributed by atoms with Crippen LogP contribution in [0.1, 0.15) is 39.9 Å². The third-order valence-electron chi connectivity index (χ3n) is 6.37. The lowest BCUT2D eigenvalue weighted by molar-refractivity contribution is 0.0930. The van der Waals surface area contributed by atoms with Gasteiger partial charge in [-0.2, -0.15) is 0 Å². The minimum atomic E-state index is -0.391. The molecule has 0 saturated heterocycles. The number of hydrogen-bond donors (Lipinski definition) is 2. The molecule has 1 aliphatic rings. The number of aryl methyl sites for hydroxylation is 1. The first-order valence-corrected chi connectivity index (χ1v) is 11.2. The summed E-state index contributed by atoms with van der Waals surface area (Å²) in [5.41, 5.74) is 5.41. The van der Waals surface area contributed by atoms with E-state index in [0.717, 1.165) is 47.1 Å². The summed E-state index contributed by atoms with van der Waals surface area (Å²) in [6.45, 7) is 2.67. The van der Waals surface area contributed by atoms with Crippen molar-refractivity contribution in [3.63, 3.8) is 0 Å². The molecule has 166 valence electrons. The summed E-state index contributed by atoms with van der Waals surface area (Å²) in [4.78, 5) is 17.9. The van der Waals surface area contributed by atoms with E-state index in [1.165, 1.54) is 5.56 Å². The molecule has 5 heteroatoms. The summed E-state index contributed by atoms with van der Waals surface area (Å²) in [6.07, 6.45) is 3.60. The summed E-state index contributed by atoms with van der Waals surface area (Å²) in [6, 6.07) is 24.2. The van der Waals surface area contributed by atoms with Crippen molar-refractivity contribution >= 4 is 22.5 Å². The molecule has 5 rings (SSSR count). The van der Waals surface area contributed by atoms with E-state index in [4.69, 9.17) is 4.74 Å². The molecular formula is C28H27N3O2. The van der Waals surface area contributed by atoms with Crippen LogP contribution in [0.4, 0.5) is 5.69 Å². The monoisotopic (exact) mass is 437 g/mol. The first-order valence-electron chi connectivity index (χ1n) is 11.2. The maximum atomic E-state index is 13.3. The van der Waals surface area contributed by atoms with Crippen LogP contribution in [0.25, 0.3) is 10.9 Å². The van der Waals surface area contributed by atoms with E-state index in [2.05, 4.69) is 45.9 Å². The van der Waals surface area contributed by atoms with Gasteiger partial charge in [0.25, 0.3) is 5.91 Å². The Balaban J connectivity index is 1.47. The molecular weight excluding hydrogens is 410 g/mol. The second kappa shape index (κ2) is 8.58. The van der Waals surface area contributed by atoms with Gasteiger partial charge in [-0.3, -0.25) is 9.78 Å². The Morgan fingerprint density at radius 2 is 1.85 bits per heavy atom. The third-order valence-corrected chi connectivity index (χ3v) is 6.37. The predicted octanol–water partition coefficient (Wildman–Crippen LogP) is 5.58. The van der Waals surface area contributed by atoms with Crippen molar-refractivity contribution in [2.75, 3.05) is 12.4 Å². The second-order valence-electron chi connectivity index (χ2n) is 8.65. The number of nitrogens with zero attached hydrogens (tertiary/aromatic N) is 1. The van der Waals surface area contributed by atoms with E-state index >= 15 is 0 Å². The molecule has 1 saturated carbocycles. The van der Waals surface area contributed by atoms with Gasteiger partial charge in [0, 0.05) is 29.4 Å². The van der Waals surface area contributed by atoms with Gasteiger partial charge in [-0.15, -0.1) is 0 Å². The molecule has 0 aliphatic heterocycles. The van der Waals surface area contributed by atoms with Crippen molar-refractivity contribution in [3.8, 4) is 5.75 Å². The van der Waals surface area contributed by atoms with Crippen LogP contribution in [-0.2, 0) is 12.1 Å². The molecule has 1 aliphatic carbocycles. The van der Waals surface area contributed by atoms with Gasteiger partial charge in [-0.05, 0) is 66.8 Å². The number of methoxy groups -OCH3 is 1. The van der Waals surface area contributed by atoms with E-state index in [9.17, 15) is 4.79 Å². The van der Waals surface area contributed by atoms with E-state index in [1.807, 2.05) is 49.5 Å². The van der Waals surface area contributed by atoms with Crippen molar-refractivity contribution in [3.05, 3.63) is 101 Å². The van der Waals surface area contributed by atoms with Crippen LogP contribution in [0.3, 0.4) is 0 Å². The number of fused-ring (bicyclic) bond motifs is 1. The third kappa shape index (κ3) is 4.27. The molecule has 0 bridgehead atoms. The molecule has 3 aromatic carbocycles. The summed E-state index contributed by atoms with van der Waals surface area (Å²) in [5, 5.41) is 7.94. The molecule has 33 heavy (non-hydrogen) atoms. The minimum absolute atomic E-state index is 0.0800. The highest BCUT2D eigenvalue weighted by Crippen LogP contribution is 2.49. The Morgan fingerprint density at radius 3 is 2.61 bits per heavy atom. The Kier molecular flexibility index (Phi) is 5.47. The Bertz CT molecular complexity index is 1310. The van der Waals surface area contributed by atoms with Crippen LogP contribution < -0.4 is 15.4 Å². The number of rotatable bonds is 7. The zero-order valence-corrected chi connectivity index (χ0v) is 18.9. The highest BCUT2D eigenvalue weighted by molar-refractivity contribution is 5.97. The van der Waals surface area contributed by atoms with Gasteiger partial charge < -0.3 is 15.4 Å². The Morgan fingerprint density at radius 1 is 1.03 bits per heavy atom. The lowest BCUT2D eigenvalue weighted by atomic mass is 9.97. The van der Waals surface area contributed by atoms with Crippen LogP contribution in [0.15, 0.2) is 79.0 Å². The van der Waals surface area contributed by atoms with Crippen molar-refractivity contribution in [2.24, 2.45) is 0 Å². The highest BCUT2D eigenvalue weighted by atomic mass is 16.5. The molecule has 1 amide bonds. The van der Waals surface area contributed by atoms with E-state index in [-0.39, 0.29) is 5.91 Å². The summed E-state index contributed by atoms with van der Waals surface area (Å²) in [7, 11) is 1.61. The number of carbonyl (C=O) groups excluding carboxylic acids is 1. The molecule has 0 spiro atoms. The van der Waals surface area contributed by atoms with Gasteiger partial charge in [0.05, 0.1) is 18.2 Å². The number of anilines is 1. The summed E-state index contributed by atoms with van der Waals surface area (Å²) < 4.78 is 5.33. The lowest BCUT2D eigenvalue weighted by Crippen LogP contribution is -2.35. The second-order valence-corrected chi connectivity index (χ2v) is 8.65. The topological polar surface area (TPSA) is 63.2 Å². The number of pyridine rings is 1. The Labute approximate surface area is 193 Å². The number of carbonyl (C=O) groups is 1. The molecule has 0 unspecified atom stereocenters. The number of hydrogen-bond acceptors (Lipinski definition) is 4. The van der Waals surface area contributed by atoms with Crippen molar-refractivity contribution in [1.82, 2.24) is 10.3 Å². The largest absolute Gasteiger partial charge is 0.497 e. The summed E-state index contributed by atoms with van der Waals surface area (Å²) >= 11 is 0. The molecule has 1 fully saturated rings. The molecule has 5 nitrogen and oxygen atoms in total. The average Bonchev–Trinajstić information content (AvgIpc) is 3.63. The molecule has 0 atom stereocenters. The van der Waals surface area contributed by atoms with Gasteiger partial charge in [0.2, 0.25) is 0 Å². The maximum absolute atomic E-state index is 13.3. The fourth-order valence-corrected chi connectivity index (χ4v) is 4.32. The van der Waals surface area contributed by atoms with Gasteiger partial charge in [-0.1, -0.05) is 42.5 Å². The van der Waals surface area contributed by atoms with Gasteiger partial charge in [0.1, 0.15) is 5.75 Å². The normalized spacial score (nSPS) is 14.0. The predicted molar refractivity (Wildman–Crippen MR) is 132 cm³/mol. The SMILES string of the molecule is COc1ccc(C)c(C(=O)NC2(c3cc(NCc4ccccc4)cc4ncccc34)CC2)c1. The fraction of sp³-hybridized carbons (Fsp3) is 0.214. The van der Waals surface area contributed by atoms with Crippen molar-refractivity contribution < 1.29 is 9.53 Å². The van der Waals surface area contributed by atoms with E-state index < -0.39 is 5.54 Å². The van der Waals surface area contributed by atoms with E-state index in [0.29, 0.717) is 11.3 Å². The van der Waals surface area contributed by atoms with Crippen LogP contribution >= 0.6 is 0 Å². The van der Waals surface area contributed by atoms with Crippen LogP contribution in [0.5, 0.6) is 5.75 Å². The molecule has 4 aromatic rings. The zero-order chi connectivity index (χ0) is 22.8. The Hall–Kier alpha value is -3.86. The van der Waals surface area contributed by atoms with Gasteiger partial charge in [0.15, 0.2) is 0 Å². The van der Waals surface area contributed by atoms with Crippen LogP contribution in [0.2, 0.25) is 0 Å². The first-order chi connectivity index (χ1) is 16.1. The maximum Gasteiger partial charge on any atom is 0.252 e. The lowest BCUT2D eigenvalue weighted by Gasteiger charge is -2.22. The first kappa shape index (κ1) is 21.0. The van der Waals surface area contributed by atoms with Gasteiger partial charge >= 0.3 is 0 Å². The van der Waals surface area contributed by atoms with Gasteiger partial charge in [-0.25, -0.2) is 0 Å². The summed E-state index contributed by atoms with van der Waals surface area (Å²) in [5.74, 6) is 0.598. The molecule has 0 radical (unpaired) electrons. The van der Waals surface area contributed by atoms with E-state index in [1.54, 1.807) is 13.2 Å². The number of nitrogens with one attached hydrogen (secondary N) is 2. The highest BCUT2D eigenvalue weighted by Gasteiger charge is 2.47. The minimum Gasteiger partial charge on any atom is -0.497 e. The fourth-order valence-electron chi connectivity index (χ4n) is 4.32. The number of amides is 1. The van der Waals surface area contributed by atoms with Crippen molar-refractivity contribution in [1.29, 1.82) is 0 Å². The molecule has 1 aromatic heterocycles. The average molecular weight is 438 g/mol. The zero-order valence-electron chi connectivity index (χ0n) is 18.9.